The first-order chi connectivity index (χ1) is 9.93. The fourth-order valence-corrected chi connectivity index (χ4v) is 2.42. The van der Waals surface area contributed by atoms with E-state index in [4.69, 9.17) is 16.7 Å². The van der Waals surface area contributed by atoms with E-state index in [0.717, 1.165) is 5.56 Å². The van der Waals surface area contributed by atoms with Crippen molar-refractivity contribution >= 4 is 35.4 Å². The van der Waals surface area contributed by atoms with Gasteiger partial charge in [0.05, 0.1) is 0 Å². The van der Waals surface area contributed by atoms with Crippen LogP contribution in [0.15, 0.2) is 24.3 Å². The quantitative estimate of drug-likeness (QED) is 0.806. The van der Waals surface area contributed by atoms with Gasteiger partial charge in [-0.25, -0.2) is 9.59 Å². The van der Waals surface area contributed by atoms with Gasteiger partial charge in [-0.15, -0.1) is 0 Å². The summed E-state index contributed by atoms with van der Waals surface area (Å²) in [5, 5.41) is 12.2. The number of amides is 2. The van der Waals surface area contributed by atoms with Crippen molar-refractivity contribution in [3.8, 4) is 0 Å². The predicted molar refractivity (Wildman–Crippen MR) is 85.9 cm³/mol. The molecule has 7 heteroatoms. The molecule has 0 radical (unpaired) electrons. The molecule has 2 N–H and O–H groups in total. The Balaban J connectivity index is 2.58. The van der Waals surface area contributed by atoms with E-state index in [9.17, 15) is 9.59 Å². The average Bonchev–Trinajstić information content (AvgIpc) is 2.42. The van der Waals surface area contributed by atoms with E-state index < -0.39 is 18.0 Å². The molecule has 0 aliphatic carbocycles. The molecule has 0 aromatic heterocycles. The number of thioether (sulfide) groups is 1. The Bertz CT molecular complexity index is 499. The molecule has 0 heterocycles. The van der Waals surface area contributed by atoms with Crippen LogP contribution in [0.1, 0.15) is 12.0 Å². The number of nitrogens with one attached hydrogen (secondary N) is 1. The zero-order valence-corrected chi connectivity index (χ0v) is 13.6. The van der Waals surface area contributed by atoms with Gasteiger partial charge >= 0.3 is 12.0 Å². The number of benzene rings is 1. The van der Waals surface area contributed by atoms with Crippen LogP contribution in [0.2, 0.25) is 5.02 Å². The van der Waals surface area contributed by atoms with Crippen LogP contribution in [-0.4, -0.2) is 47.1 Å². The smallest absolute Gasteiger partial charge is 0.326 e. The summed E-state index contributed by atoms with van der Waals surface area (Å²) in [6, 6.07) is 5.91. The van der Waals surface area contributed by atoms with E-state index in [1.165, 1.54) is 4.90 Å². The van der Waals surface area contributed by atoms with Crippen molar-refractivity contribution < 1.29 is 14.7 Å². The molecular weight excluding hydrogens is 312 g/mol. The van der Waals surface area contributed by atoms with Gasteiger partial charge < -0.3 is 15.3 Å². The number of halogens is 1. The van der Waals surface area contributed by atoms with Gasteiger partial charge in [0.25, 0.3) is 0 Å². The number of hydrogen-bond donors (Lipinski definition) is 2. The molecule has 5 nitrogen and oxygen atoms in total. The zero-order chi connectivity index (χ0) is 15.8. The average molecular weight is 331 g/mol. The third-order valence-electron chi connectivity index (χ3n) is 2.86. The third kappa shape index (κ3) is 6.27. The molecular formula is C14H19ClN2O3S. The monoisotopic (exact) mass is 330 g/mol. The molecule has 0 bridgehead atoms. The normalized spacial score (nSPS) is 11.8. The minimum Gasteiger partial charge on any atom is -0.480 e. The van der Waals surface area contributed by atoms with Crippen LogP contribution in [-0.2, 0) is 11.3 Å². The van der Waals surface area contributed by atoms with Gasteiger partial charge in [-0.2, -0.15) is 11.8 Å². The Labute approximate surface area is 133 Å². The molecule has 0 fully saturated rings. The number of hydrogen-bond acceptors (Lipinski definition) is 3. The van der Waals surface area contributed by atoms with Crippen molar-refractivity contribution in [2.45, 2.75) is 19.0 Å². The van der Waals surface area contributed by atoms with Crippen LogP contribution in [0.25, 0.3) is 0 Å². The zero-order valence-electron chi connectivity index (χ0n) is 12.0. The van der Waals surface area contributed by atoms with E-state index in [-0.39, 0.29) is 0 Å². The molecule has 2 amide bonds. The largest absolute Gasteiger partial charge is 0.480 e. The van der Waals surface area contributed by atoms with Gasteiger partial charge in [-0.3, -0.25) is 0 Å². The van der Waals surface area contributed by atoms with Crippen LogP contribution in [0.4, 0.5) is 4.79 Å². The molecule has 0 saturated heterocycles. The summed E-state index contributed by atoms with van der Waals surface area (Å²) >= 11 is 7.44. The van der Waals surface area contributed by atoms with E-state index >= 15 is 0 Å². The Kier molecular flexibility index (Phi) is 7.39. The van der Waals surface area contributed by atoms with Gasteiger partial charge in [0, 0.05) is 18.6 Å². The summed E-state index contributed by atoms with van der Waals surface area (Å²) in [4.78, 5) is 24.6. The predicted octanol–water partition coefficient (Wildman–Crippen LogP) is 2.69. The maximum absolute atomic E-state index is 12.0. The lowest BCUT2D eigenvalue weighted by atomic mass is 10.2. The Morgan fingerprint density at radius 2 is 2.19 bits per heavy atom. The topological polar surface area (TPSA) is 69.6 Å². The third-order valence-corrected chi connectivity index (χ3v) is 3.74. The number of aliphatic carboxylic acids is 1. The maximum atomic E-state index is 12.0. The molecule has 0 saturated carbocycles. The second-order valence-corrected chi connectivity index (χ2v) is 6.03. The van der Waals surface area contributed by atoms with Gasteiger partial charge in [0.15, 0.2) is 0 Å². The fourth-order valence-electron chi connectivity index (χ4n) is 1.73. The van der Waals surface area contributed by atoms with Crippen molar-refractivity contribution in [1.29, 1.82) is 0 Å². The summed E-state index contributed by atoms with van der Waals surface area (Å²) in [5.74, 6) is -0.344. The minimum atomic E-state index is -1.02. The second kappa shape index (κ2) is 8.79. The first-order valence-electron chi connectivity index (χ1n) is 6.42. The molecule has 1 aromatic carbocycles. The molecule has 1 aromatic rings. The standard InChI is InChI=1S/C14H19ClN2O3S/c1-17(9-10-4-3-5-11(15)8-10)14(20)16-12(13(18)19)6-7-21-2/h3-5,8,12H,6-7,9H2,1-2H3,(H,16,20)(H,18,19)/t12-/m1/s1. The Morgan fingerprint density at radius 3 is 2.76 bits per heavy atom. The number of urea groups is 1. The van der Waals surface area contributed by atoms with Crippen molar-refractivity contribution in [2.75, 3.05) is 19.1 Å². The van der Waals surface area contributed by atoms with Gasteiger partial charge in [0.2, 0.25) is 0 Å². The van der Waals surface area contributed by atoms with Gasteiger partial charge in [0.1, 0.15) is 6.04 Å². The second-order valence-electron chi connectivity index (χ2n) is 4.61. The summed E-state index contributed by atoms with van der Waals surface area (Å²) in [5.41, 5.74) is 0.885. The van der Waals surface area contributed by atoms with E-state index in [2.05, 4.69) is 5.32 Å². The first-order valence-corrected chi connectivity index (χ1v) is 8.19. The SMILES string of the molecule is CSCC[C@@H](NC(=O)N(C)Cc1cccc(Cl)c1)C(=O)O. The molecule has 0 unspecified atom stereocenters. The maximum Gasteiger partial charge on any atom is 0.326 e. The molecule has 1 rings (SSSR count). The van der Waals surface area contributed by atoms with Crippen molar-refractivity contribution in [3.05, 3.63) is 34.9 Å². The van der Waals surface area contributed by atoms with Crippen molar-refractivity contribution in [3.63, 3.8) is 0 Å². The molecule has 0 aliphatic rings. The van der Waals surface area contributed by atoms with E-state index in [1.54, 1.807) is 30.9 Å². The number of rotatable bonds is 7. The van der Waals surface area contributed by atoms with E-state index in [0.29, 0.717) is 23.7 Å². The van der Waals surface area contributed by atoms with Gasteiger partial charge in [-0.05, 0) is 36.1 Å². The lowest BCUT2D eigenvalue weighted by Crippen LogP contribution is -2.46. The molecule has 1 atom stereocenters. The highest BCUT2D eigenvalue weighted by Gasteiger charge is 2.21. The van der Waals surface area contributed by atoms with Crippen LogP contribution < -0.4 is 5.32 Å². The minimum absolute atomic E-state index is 0.362. The highest BCUT2D eigenvalue weighted by Crippen LogP contribution is 2.12. The van der Waals surface area contributed by atoms with Gasteiger partial charge in [-0.1, -0.05) is 23.7 Å². The molecule has 0 spiro atoms. The summed E-state index contributed by atoms with van der Waals surface area (Å²) in [6.07, 6.45) is 2.29. The van der Waals surface area contributed by atoms with Crippen LogP contribution in [0.5, 0.6) is 0 Å². The van der Waals surface area contributed by atoms with Crippen LogP contribution in [0.3, 0.4) is 0 Å². The lowest BCUT2D eigenvalue weighted by Gasteiger charge is -2.21. The fraction of sp³-hybridized carbons (Fsp3) is 0.429. The Hall–Kier alpha value is -1.40. The highest BCUT2D eigenvalue weighted by molar-refractivity contribution is 7.98. The molecule has 116 valence electrons. The number of carbonyl (C=O) groups excluding carboxylic acids is 1. The van der Waals surface area contributed by atoms with Crippen molar-refractivity contribution in [2.24, 2.45) is 0 Å². The first kappa shape index (κ1) is 17.7. The number of nitrogens with zero attached hydrogens (tertiary/aromatic N) is 1. The number of carbonyl (C=O) groups is 2. The Morgan fingerprint density at radius 1 is 1.48 bits per heavy atom. The lowest BCUT2D eigenvalue weighted by molar-refractivity contribution is -0.139. The number of carboxylic acid groups (broad SMARTS) is 1. The summed E-state index contributed by atoms with van der Waals surface area (Å²) in [6.45, 7) is 0.362. The summed E-state index contributed by atoms with van der Waals surface area (Å²) < 4.78 is 0. The number of carboxylic acids is 1. The van der Waals surface area contributed by atoms with E-state index in [1.807, 2.05) is 18.4 Å². The molecule has 21 heavy (non-hydrogen) atoms. The molecule has 0 aliphatic heterocycles. The van der Waals surface area contributed by atoms with Crippen molar-refractivity contribution in [1.82, 2.24) is 10.2 Å². The summed E-state index contributed by atoms with van der Waals surface area (Å²) in [7, 11) is 1.61. The van der Waals surface area contributed by atoms with Crippen LogP contribution in [0, 0.1) is 0 Å². The van der Waals surface area contributed by atoms with Crippen LogP contribution >= 0.6 is 23.4 Å². The highest BCUT2D eigenvalue weighted by atomic mass is 35.5.